The van der Waals surface area contributed by atoms with Crippen molar-refractivity contribution in [1.29, 1.82) is 0 Å². The van der Waals surface area contributed by atoms with E-state index in [1.165, 1.54) is 52.8 Å². The molecule has 0 atom stereocenters. The molecule has 3 heterocycles. The van der Waals surface area contributed by atoms with Gasteiger partial charge in [0.25, 0.3) is 0 Å². The van der Waals surface area contributed by atoms with E-state index in [2.05, 4.69) is 41.8 Å². The molecule has 1 aliphatic heterocycles. The van der Waals surface area contributed by atoms with Gasteiger partial charge < -0.3 is 9.80 Å². The summed E-state index contributed by atoms with van der Waals surface area (Å²) in [5, 5.41) is 4.94. The highest BCUT2D eigenvalue weighted by Crippen LogP contribution is 2.33. The minimum atomic E-state index is -0.246. The van der Waals surface area contributed by atoms with E-state index >= 15 is 0 Å². The Hall–Kier alpha value is -3.41. The Kier molecular flexibility index (Phi) is 5.24. The molecule has 0 radical (unpaired) electrons. The highest BCUT2D eigenvalue weighted by molar-refractivity contribution is 5.68. The lowest BCUT2D eigenvalue weighted by atomic mass is 9.96. The van der Waals surface area contributed by atoms with E-state index in [4.69, 9.17) is 10.1 Å². The van der Waals surface area contributed by atoms with E-state index in [1.54, 1.807) is 12.1 Å². The smallest absolute Gasteiger partial charge is 0.158 e. The molecule has 0 unspecified atom stereocenters. The van der Waals surface area contributed by atoms with Crippen LogP contribution in [0.2, 0.25) is 0 Å². The molecule has 174 valence electrons. The van der Waals surface area contributed by atoms with E-state index in [-0.39, 0.29) is 5.82 Å². The Labute approximate surface area is 199 Å². The summed E-state index contributed by atoms with van der Waals surface area (Å²) in [6, 6.07) is 15.4. The van der Waals surface area contributed by atoms with Crippen molar-refractivity contribution in [1.82, 2.24) is 14.6 Å². The molecular weight excluding hydrogens is 425 g/mol. The molecule has 2 aliphatic rings. The highest BCUT2D eigenvalue weighted by Gasteiger charge is 2.27. The van der Waals surface area contributed by atoms with Crippen molar-refractivity contribution < 1.29 is 4.39 Å². The lowest BCUT2D eigenvalue weighted by Crippen LogP contribution is -2.48. The average Bonchev–Trinajstić information content (AvgIpc) is 3.28. The summed E-state index contributed by atoms with van der Waals surface area (Å²) in [5.74, 6) is 0.938. The summed E-state index contributed by atoms with van der Waals surface area (Å²) in [7, 11) is 0. The quantitative estimate of drug-likeness (QED) is 0.417. The van der Waals surface area contributed by atoms with Crippen molar-refractivity contribution >= 4 is 17.2 Å². The van der Waals surface area contributed by atoms with Gasteiger partial charge in [-0.25, -0.2) is 9.37 Å². The number of hydrogen-bond donors (Lipinski definition) is 0. The van der Waals surface area contributed by atoms with Gasteiger partial charge in [0.15, 0.2) is 5.65 Å². The number of aromatic nitrogens is 3. The predicted molar refractivity (Wildman–Crippen MR) is 135 cm³/mol. The molecule has 1 fully saturated rings. The molecule has 5 nitrogen and oxygen atoms in total. The van der Waals surface area contributed by atoms with Crippen LogP contribution in [-0.2, 0) is 12.8 Å². The van der Waals surface area contributed by atoms with Gasteiger partial charge in [0.1, 0.15) is 11.6 Å². The van der Waals surface area contributed by atoms with Crippen molar-refractivity contribution in [2.45, 2.75) is 39.5 Å². The van der Waals surface area contributed by atoms with Gasteiger partial charge in [-0.3, -0.25) is 0 Å². The third-order valence-corrected chi connectivity index (χ3v) is 7.25. The van der Waals surface area contributed by atoms with Crippen LogP contribution in [-0.4, -0.2) is 40.8 Å². The van der Waals surface area contributed by atoms with Crippen molar-refractivity contribution in [3.05, 3.63) is 76.7 Å². The maximum Gasteiger partial charge on any atom is 0.158 e. The van der Waals surface area contributed by atoms with Crippen LogP contribution in [0, 0.1) is 19.7 Å². The second kappa shape index (κ2) is 8.42. The number of fused-ring (bicyclic) bond motifs is 2. The van der Waals surface area contributed by atoms with E-state index in [0.717, 1.165) is 55.9 Å². The maximum absolute atomic E-state index is 13.9. The number of aryl methyl sites for hydroxylation is 3. The number of halogens is 1. The molecule has 0 saturated carbocycles. The summed E-state index contributed by atoms with van der Waals surface area (Å²) in [5.41, 5.74) is 8.92. The maximum atomic E-state index is 13.9. The van der Waals surface area contributed by atoms with Gasteiger partial charge in [0.05, 0.1) is 5.69 Å². The molecule has 2 aromatic heterocycles. The first-order chi connectivity index (χ1) is 16.6. The molecule has 0 spiro atoms. The Morgan fingerprint density at radius 3 is 2.47 bits per heavy atom. The number of piperazine rings is 1. The van der Waals surface area contributed by atoms with Crippen LogP contribution in [0.25, 0.3) is 16.9 Å². The van der Waals surface area contributed by atoms with Crippen LogP contribution in [0.4, 0.5) is 15.9 Å². The number of nitrogens with zero attached hydrogens (tertiary/aromatic N) is 5. The number of benzene rings is 2. The monoisotopic (exact) mass is 455 g/mol. The Morgan fingerprint density at radius 2 is 1.65 bits per heavy atom. The molecule has 6 rings (SSSR count). The number of hydrogen-bond acceptors (Lipinski definition) is 4. The van der Waals surface area contributed by atoms with Crippen LogP contribution in [0.5, 0.6) is 0 Å². The van der Waals surface area contributed by atoms with E-state index in [1.807, 2.05) is 16.6 Å². The molecule has 0 N–H and O–H groups in total. The predicted octanol–water partition coefficient (Wildman–Crippen LogP) is 5.36. The van der Waals surface area contributed by atoms with Crippen LogP contribution in [0.15, 0.2) is 48.5 Å². The topological polar surface area (TPSA) is 36.7 Å². The minimum absolute atomic E-state index is 0.246. The van der Waals surface area contributed by atoms with Crippen molar-refractivity contribution in [3.63, 3.8) is 0 Å². The lowest BCUT2D eigenvalue weighted by molar-refractivity contribution is 0.614. The van der Waals surface area contributed by atoms with Gasteiger partial charge in [-0.15, -0.1) is 0 Å². The fourth-order valence-electron chi connectivity index (χ4n) is 5.46. The molecule has 6 heteroatoms. The zero-order valence-electron chi connectivity index (χ0n) is 19.9. The van der Waals surface area contributed by atoms with Gasteiger partial charge >= 0.3 is 0 Å². The fraction of sp³-hybridized carbons (Fsp3) is 0.357. The summed E-state index contributed by atoms with van der Waals surface area (Å²) < 4.78 is 15.9. The van der Waals surface area contributed by atoms with E-state index in [9.17, 15) is 4.39 Å². The molecule has 2 aromatic carbocycles. The molecule has 1 saturated heterocycles. The molecular formula is C28H30FN5. The summed E-state index contributed by atoms with van der Waals surface area (Å²) >= 11 is 0. The molecule has 1 aliphatic carbocycles. The van der Waals surface area contributed by atoms with Crippen molar-refractivity contribution in [3.8, 4) is 11.3 Å². The highest BCUT2D eigenvalue weighted by atomic mass is 19.1. The first-order valence-electron chi connectivity index (χ1n) is 12.3. The van der Waals surface area contributed by atoms with Crippen LogP contribution < -0.4 is 9.80 Å². The molecule has 34 heavy (non-hydrogen) atoms. The molecule has 0 amide bonds. The van der Waals surface area contributed by atoms with E-state index in [0.29, 0.717) is 0 Å². The van der Waals surface area contributed by atoms with Crippen LogP contribution in [0.3, 0.4) is 0 Å². The largest absolute Gasteiger partial charge is 0.368 e. The number of anilines is 2. The third kappa shape index (κ3) is 3.71. The van der Waals surface area contributed by atoms with Gasteiger partial charge in [-0.1, -0.05) is 24.3 Å². The van der Waals surface area contributed by atoms with Gasteiger partial charge in [-0.2, -0.15) is 9.61 Å². The number of rotatable bonds is 3. The first kappa shape index (κ1) is 21.1. The zero-order chi connectivity index (χ0) is 23.2. The lowest BCUT2D eigenvalue weighted by Gasteiger charge is -2.39. The Morgan fingerprint density at radius 1 is 0.853 bits per heavy atom. The average molecular weight is 456 g/mol. The zero-order valence-corrected chi connectivity index (χ0v) is 19.9. The second-order valence-corrected chi connectivity index (χ2v) is 9.64. The first-order valence-corrected chi connectivity index (χ1v) is 12.3. The second-order valence-electron chi connectivity index (χ2n) is 9.64. The minimum Gasteiger partial charge on any atom is -0.368 e. The normalized spacial score (nSPS) is 16.2. The Bertz CT molecular complexity index is 1370. The SMILES string of the molecule is Cc1ccc(C)c(N2CCN(c3c4c(nc5cc(-c6cccc(F)c6)nn35)CCCC4)CC2)c1. The van der Waals surface area contributed by atoms with E-state index < -0.39 is 0 Å². The van der Waals surface area contributed by atoms with Crippen LogP contribution in [0.1, 0.15) is 35.2 Å². The van der Waals surface area contributed by atoms with Crippen LogP contribution >= 0.6 is 0 Å². The standard InChI is InChI=1S/C28H30FN5/c1-19-10-11-20(2)26(16-19)32-12-14-33(15-13-32)28-23-8-3-4-9-24(23)30-27-18-25(31-34(27)28)21-6-5-7-22(29)17-21/h5-7,10-11,16-18H,3-4,8-9,12-15H2,1-2H3. The van der Waals surface area contributed by atoms with Gasteiger partial charge in [-0.05, 0) is 68.9 Å². The molecule has 0 bridgehead atoms. The fourth-order valence-corrected chi connectivity index (χ4v) is 5.46. The summed E-state index contributed by atoms with van der Waals surface area (Å²) in [6.45, 7) is 8.18. The van der Waals surface area contributed by atoms with Crippen molar-refractivity contribution in [2.75, 3.05) is 36.0 Å². The van der Waals surface area contributed by atoms with Gasteiger partial charge in [0.2, 0.25) is 0 Å². The van der Waals surface area contributed by atoms with Gasteiger partial charge in [0, 0.05) is 54.8 Å². The van der Waals surface area contributed by atoms with Crippen molar-refractivity contribution in [2.24, 2.45) is 0 Å². The summed E-state index contributed by atoms with van der Waals surface area (Å²) in [4.78, 5) is 9.99. The Balaban J connectivity index is 1.38. The summed E-state index contributed by atoms with van der Waals surface area (Å²) in [6.07, 6.45) is 4.43. The molecule has 4 aromatic rings. The third-order valence-electron chi connectivity index (χ3n) is 7.25.